The van der Waals surface area contributed by atoms with Crippen molar-refractivity contribution < 1.29 is 19.4 Å². The number of aliphatic hydroxyl groups is 1. The van der Waals surface area contributed by atoms with E-state index in [0.717, 1.165) is 45.7 Å². The maximum atomic E-state index is 12.8. The van der Waals surface area contributed by atoms with Crippen molar-refractivity contribution in [2.45, 2.75) is 55.6 Å². The van der Waals surface area contributed by atoms with E-state index in [2.05, 4.69) is 22.4 Å². The molecule has 2 unspecified atom stereocenters. The van der Waals surface area contributed by atoms with Gasteiger partial charge in [-0.25, -0.2) is 4.98 Å². The van der Waals surface area contributed by atoms with Crippen LogP contribution < -0.4 is 10.1 Å². The molecule has 0 saturated carbocycles. The summed E-state index contributed by atoms with van der Waals surface area (Å²) in [4.78, 5) is 30.3. The van der Waals surface area contributed by atoms with Crippen LogP contribution in [0.15, 0.2) is 90.3 Å². The summed E-state index contributed by atoms with van der Waals surface area (Å²) in [7, 11) is 0. The summed E-state index contributed by atoms with van der Waals surface area (Å²) in [6.45, 7) is 2.44. The molecule has 3 aromatic carbocycles. The summed E-state index contributed by atoms with van der Waals surface area (Å²) in [5, 5.41) is 12.1. The predicted octanol–water partition coefficient (Wildman–Crippen LogP) is 5.63. The molecule has 206 valence electrons. The molecule has 7 nitrogen and oxygen atoms in total. The molecule has 8 heteroatoms. The van der Waals surface area contributed by atoms with Gasteiger partial charge in [0.15, 0.2) is 5.78 Å². The lowest BCUT2D eigenvalue weighted by Crippen LogP contribution is -2.30. The van der Waals surface area contributed by atoms with Crippen LogP contribution in [0.4, 0.5) is 0 Å². The molecule has 0 saturated heterocycles. The standard InChI is InChI=1S/C32H33N3O4S/c1-22(36)18-34-32(38)24-10-12-25(13-11-24)40-20-28-26-8-5-9-29(37)27(26)14-15-30(28)39-31(19-35-17-16-33-21-35)23-6-3-2-4-7-23/h2-4,6-7,10-17,21-22,31,36H,5,8-9,18-20H2,1H3,(H,34,38). The number of ether oxygens (including phenoxy) is 1. The fourth-order valence-electron chi connectivity index (χ4n) is 4.87. The van der Waals surface area contributed by atoms with Crippen molar-refractivity contribution >= 4 is 23.5 Å². The van der Waals surface area contributed by atoms with E-state index >= 15 is 0 Å². The minimum atomic E-state index is -0.597. The van der Waals surface area contributed by atoms with Gasteiger partial charge in [0.05, 0.1) is 19.0 Å². The van der Waals surface area contributed by atoms with E-state index < -0.39 is 6.10 Å². The van der Waals surface area contributed by atoms with Crippen molar-refractivity contribution in [2.24, 2.45) is 0 Å². The van der Waals surface area contributed by atoms with Crippen LogP contribution in [0.25, 0.3) is 0 Å². The Labute approximate surface area is 238 Å². The van der Waals surface area contributed by atoms with Gasteiger partial charge in [0.1, 0.15) is 11.9 Å². The van der Waals surface area contributed by atoms with Crippen LogP contribution in [0.2, 0.25) is 0 Å². The first-order chi connectivity index (χ1) is 19.5. The molecule has 0 spiro atoms. The normalized spacial score (nSPS) is 14.3. The molecule has 0 fully saturated rings. The highest BCUT2D eigenvalue weighted by Crippen LogP contribution is 2.38. The van der Waals surface area contributed by atoms with Gasteiger partial charge in [0, 0.05) is 52.7 Å². The molecule has 4 aromatic rings. The third kappa shape index (κ3) is 6.81. The van der Waals surface area contributed by atoms with E-state index in [9.17, 15) is 14.7 Å². The van der Waals surface area contributed by atoms with Crippen LogP contribution in [0.5, 0.6) is 5.75 Å². The van der Waals surface area contributed by atoms with Gasteiger partial charge in [0.25, 0.3) is 5.91 Å². The Bertz CT molecular complexity index is 1440. The number of aromatic nitrogens is 2. The number of amides is 1. The summed E-state index contributed by atoms with van der Waals surface area (Å²) in [6.07, 6.45) is 6.89. The van der Waals surface area contributed by atoms with E-state index in [1.807, 2.05) is 53.2 Å². The van der Waals surface area contributed by atoms with Crippen molar-refractivity contribution in [2.75, 3.05) is 6.54 Å². The summed E-state index contributed by atoms with van der Waals surface area (Å²) < 4.78 is 8.75. The molecule has 0 radical (unpaired) electrons. The van der Waals surface area contributed by atoms with Crippen molar-refractivity contribution in [1.82, 2.24) is 14.9 Å². The van der Waals surface area contributed by atoms with Crippen LogP contribution in [0.3, 0.4) is 0 Å². The second kappa shape index (κ2) is 13.0. The van der Waals surface area contributed by atoms with Crippen LogP contribution in [0.1, 0.15) is 63.3 Å². The molecule has 40 heavy (non-hydrogen) atoms. The number of rotatable bonds is 11. The first kappa shape index (κ1) is 27.7. The maximum absolute atomic E-state index is 12.8. The van der Waals surface area contributed by atoms with Crippen molar-refractivity contribution in [3.8, 4) is 5.75 Å². The Balaban J connectivity index is 1.40. The number of benzene rings is 3. The summed E-state index contributed by atoms with van der Waals surface area (Å²) in [5.41, 5.74) is 4.52. The lowest BCUT2D eigenvalue weighted by atomic mass is 9.87. The van der Waals surface area contributed by atoms with Gasteiger partial charge in [-0.05, 0) is 67.3 Å². The van der Waals surface area contributed by atoms with Gasteiger partial charge in [-0.1, -0.05) is 30.3 Å². The number of imidazole rings is 1. The summed E-state index contributed by atoms with van der Waals surface area (Å²) in [6, 6.07) is 21.4. The maximum Gasteiger partial charge on any atom is 0.251 e. The number of hydrogen-bond donors (Lipinski definition) is 2. The molecule has 1 aromatic heterocycles. The number of Topliss-reactive ketones (excluding diaryl/α,β-unsaturated/α-hetero) is 1. The van der Waals surface area contributed by atoms with Crippen LogP contribution in [0, 0.1) is 0 Å². The largest absolute Gasteiger partial charge is 0.484 e. The average molecular weight is 556 g/mol. The number of nitrogens with zero attached hydrogens (tertiary/aromatic N) is 2. The predicted molar refractivity (Wildman–Crippen MR) is 156 cm³/mol. The quantitative estimate of drug-likeness (QED) is 0.233. The second-order valence-corrected chi connectivity index (χ2v) is 11.0. The van der Waals surface area contributed by atoms with Gasteiger partial charge < -0.3 is 19.7 Å². The minimum absolute atomic E-state index is 0.185. The Morgan fingerprint density at radius 2 is 1.90 bits per heavy atom. The topological polar surface area (TPSA) is 93.4 Å². The highest BCUT2D eigenvalue weighted by molar-refractivity contribution is 7.98. The molecule has 5 rings (SSSR count). The number of nitrogens with one attached hydrogen (secondary N) is 1. The summed E-state index contributed by atoms with van der Waals surface area (Å²) in [5.74, 6) is 1.38. The molecule has 0 aliphatic heterocycles. The third-order valence-corrected chi connectivity index (χ3v) is 7.99. The molecule has 1 heterocycles. The van der Waals surface area contributed by atoms with Crippen molar-refractivity contribution in [3.63, 3.8) is 0 Å². The van der Waals surface area contributed by atoms with E-state index in [1.54, 1.807) is 43.3 Å². The van der Waals surface area contributed by atoms with E-state index in [1.165, 1.54) is 0 Å². The van der Waals surface area contributed by atoms with Crippen LogP contribution in [-0.4, -0.2) is 39.0 Å². The Morgan fingerprint density at radius 1 is 1.10 bits per heavy atom. The first-order valence-electron chi connectivity index (χ1n) is 13.5. The van der Waals surface area contributed by atoms with Crippen LogP contribution in [-0.2, 0) is 18.7 Å². The van der Waals surface area contributed by atoms with E-state index in [0.29, 0.717) is 24.3 Å². The number of carbonyl (C=O) groups is 2. The average Bonchev–Trinajstić information content (AvgIpc) is 3.49. The fourth-order valence-corrected chi connectivity index (χ4v) is 5.82. The molecule has 2 atom stereocenters. The number of aliphatic hydroxyl groups excluding tert-OH is 1. The molecule has 2 N–H and O–H groups in total. The molecule has 0 bridgehead atoms. The van der Waals surface area contributed by atoms with Gasteiger partial charge >= 0.3 is 0 Å². The number of hydrogen-bond acceptors (Lipinski definition) is 6. The molecule has 1 aliphatic rings. The minimum Gasteiger partial charge on any atom is -0.484 e. The highest BCUT2D eigenvalue weighted by Gasteiger charge is 2.25. The Kier molecular flexibility index (Phi) is 8.98. The van der Waals surface area contributed by atoms with Gasteiger partial charge in [-0.15, -0.1) is 11.8 Å². The number of fused-ring (bicyclic) bond motifs is 1. The van der Waals surface area contributed by atoms with Crippen molar-refractivity contribution in [3.05, 3.63) is 113 Å². The van der Waals surface area contributed by atoms with E-state index in [-0.39, 0.29) is 24.3 Å². The van der Waals surface area contributed by atoms with Crippen LogP contribution >= 0.6 is 11.8 Å². The second-order valence-electron chi connectivity index (χ2n) is 9.99. The smallest absolute Gasteiger partial charge is 0.251 e. The SMILES string of the molecule is CC(O)CNC(=O)c1ccc(SCc2c(OC(Cn3ccnc3)c3ccccc3)ccc3c2CCCC3=O)cc1. The molecule has 1 aliphatic carbocycles. The number of ketones is 1. The molecular formula is C32H33N3O4S. The highest BCUT2D eigenvalue weighted by atomic mass is 32.2. The molecular weight excluding hydrogens is 522 g/mol. The van der Waals surface area contributed by atoms with E-state index in [4.69, 9.17) is 4.74 Å². The van der Waals surface area contributed by atoms with Gasteiger partial charge in [-0.3, -0.25) is 9.59 Å². The van der Waals surface area contributed by atoms with Gasteiger partial charge in [0.2, 0.25) is 0 Å². The number of carbonyl (C=O) groups excluding carboxylic acids is 2. The first-order valence-corrected chi connectivity index (χ1v) is 14.5. The fraction of sp³-hybridized carbons (Fsp3) is 0.281. The Hall–Kier alpha value is -3.88. The van der Waals surface area contributed by atoms with Gasteiger partial charge in [-0.2, -0.15) is 0 Å². The lowest BCUT2D eigenvalue weighted by Gasteiger charge is -2.25. The zero-order valence-corrected chi connectivity index (χ0v) is 23.3. The monoisotopic (exact) mass is 555 g/mol. The zero-order chi connectivity index (χ0) is 27.9. The zero-order valence-electron chi connectivity index (χ0n) is 22.5. The summed E-state index contributed by atoms with van der Waals surface area (Å²) >= 11 is 1.65. The molecule has 1 amide bonds. The number of thioether (sulfide) groups is 1. The van der Waals surface area contributed by atoms with Crippen molar-refractivity contribution in [1.29, 1.82) is 0 Å². The Morgan fingerprint density at radius 3 is 2.62 bits per heavy atom. The third-order valence-electron chi connectivity index (χ3n) is 6.95. The lowest BCUT2D eigenvalue weighted by molar-refractivity contribution is 0.0923.